The zero-order valence-corrected chi connectivity index (χ0v) is 9.84. The zero-order chi connectivity index (χ0) is 11.3. The van der Waals surface area contributed by atoms with E-state index in [-0.39, 0.29) is 12.0 Å². The molecule has 0 bridgehead atoms. The molecule has 4 nitrogen and oxygen atoms in total. The first-order valence-corrected chi connectivity index (χ1v) is 5.63. The predicted molar refractivity (Wildman–Crippen MR) is 57.2 cm³/mol. The second kappa shape index (κ2) is 5.47. The average molecular weight is 215 g/mol. The molecular formula is C11H21NO3. The smallest absolute Gasteiger partial charge is 0.275 e. The van der Waals surface area contributed by atoms with Gasteiger partial charge in [0.1, 0.15) is 5.60 Å². The van der Waals surface area contributed by atoms with E-state index in [4.69, 9.17) is 9.57 Å². The Morgan fingerprint density at radius 1 is 1.47 bits per heavy atom. The van der Waals surface area contributed by atoms with Crippen LogP contribution in [0.4, 0.5) is 0 Å². The third kappa shape index (κ3) is 3.18. The summed E-state index contributed by atoms with van der Waals surface area (Å²) < 4.78 is 5.17. The lowest BCUT2D eigenvalue weighted by molar-refractivity contribution is -0.159. The molecule has 4 heteroatoms. The molecule has 0 saturated heterocycles. The van der Waals surface area contributed by atoms with Gasteiger partial charge in [-0.3, -0.25) is 9.63 Å². The average Bonchev–Trinajstić information content (AvgIpc) is 2.77. The summed E-state index contributed by atoms with van der Waals surface area (Å²) in [5.41, 5.74) is 1.72. The van der Waals surface area contributed by atoms with Crippen LogP contribution in [-0.2, 0) is 14.4 Å². The maximum atomic E-state index is 11.7. The molecule has 1 N–H and O–H groups in total. The van der Waals surface area contributed by atoms with Crippen molar-refractivity contribution in [3.05, 3.63) is 0 Å². The van der Waals surface area contributed by atoms with E-state index in [1.807, 2.05) is 6.92 Å². The Labute approximate surface area is 91.3 Å². The normalized spacial score (nSPS) is 21.3. The quantitative estimate of drug-likeness (QED) is 0.711. The summed E-state index contributed by atoms with van der Waals surface area (Å²) >= 11 is 0. The first kappa shape index (κ1) is 12.5. The standard InChI is InChI=1S/C11H21NO3/c1-4-11(2,14-3)10(13)12-15-9-7-5-6-8-9/h9H,4-8H2,1-3H3,(H,12,13). The van der Waals surface area contributed by atoms with Gasteiger partial charge >= 0.3 is 0 Å². The van der Waals surface area contributed by atoms with Crippen LogP contribution in [-0.4, -0.2) is 24.7 Å². The molecule has 1 rings (SSSR count). The number of amides is 1. The highest BCUT2D eigenvalue weighted by atomic mass is 16.7. The highest BCUT2D eigenvalue weighted by Crippen LogP contribution is 2.20. The first-order valence-electron chi connectivity index (χ1n) is 5.63. The Bertz CT molecular complexity index is 208. The molecule has 0 radical (unpaired) electrons. The molecule has 1 atom stereocenters. The summed E-state index contributed by atoms with van der Waals surface area (Å²) in [6.07, 6.45) is 5.27. The van der Waals surface area contributed by atoms with Crippen molar-refractivity contribution in [2.24, 2.45) is 0 Å². The van der Waals surface area contributed by atoms with Crippen LogP contribution in [0.25, 0.3) is 0 Å². The summed E-state index contributed by atoms with van der Waals surface area (Å²) in [5.74, 6) is -0.195. The first-order chi connectivity index (χ1) is 7.12. The van der Waals surface area contributed by atoms with Crippen molar-refractivity contribution in [2.75, 3.05) is 7.11 Å². The number of carbonyl (C=O) groups excluding carboxylic acids is 1. The summed E-state index contributed by atoms with van der Waals surface area (Å²) in [5, 5.41) is 0. The van der Waals surface area contributed by atoms with Gasteiger partial charge in [0.15, 0.2) is 0 Å². The molecule has 1 aliphatic rings. The van der Waals surface area contributed by atoms with E-state index in [0.29, 0.717) is 6.42 Å². The van der Waals surface area contributed by atoms with Crippen molar-refractivity contribution in [1.82, 2.24) is 5.48 Å². The van der Waals surface area contributed by atoms with E-state index in [1.54, 1.807) is 14.0 Å². The maximum Gasteiger partial charge on any atom is 0.275 e. The Balaban J connectivity index is 2.33. The van der Waals surface area contributed by atoms with Crippen molar-refractivity contribution in [3.63, 3.8) is 0 Å². The number of methoxy groups -OCH3 is 1. The Morgan fingerprint density at radius 2 is 2.07 bits per heavy atom. The van der Waals surface area contributed by atoms with Gasteiger partial charge in [0.25, 0.3) is 5.91 Å². The number of carbonyl (C=O) groups is 1. The lowest BCUT2D eigenvalue weighted by Gasteiger charge is -2.25. The van der Waals surface area contributed by atoms with Crippen LogP contribution in [0, 0.1) is 0 Å². The van der Waals surface area contributed by atoms with E-state index in [0.717, 1.165) is 12.8 Å². The zero-order valence-electron chi connectivity index (χ0n) is 9.84. The van der Waals surface area contributed by atoms with Crippen LogP contribution in [0.15, 0.2) is 0 Å². The molecule has 0 aromatic rings. The fraction of sp³-hybridized carbons (Fsp3) is 0.909. The van der Waals surface area contributed by atoms with Gasteiger partial charge in [0.2, 0.25) is 0 Å². The van der Waals surface area contributed by atoms with E-state index < -0.39 is 5.60 Å². The molecule has 0 heterocycles. The summed E-state index contributed by atoms with van der Waals surface area (Å²) in [7, 11) is 1.54. The maximum absolute atomic E-state index is 11.7. The summed E-state index contributed by atoms with van der Waals surface area (Å²) in [6, 6.07) is 0. The van der Waals surface area contributed by atoms with Gasteiger partial charge in [-0.25, -0.2) is 5.48 Å². The molecule has 0 aromatic carbocycles. The number of rotatable bonds is 5. The van der Waals surface area contributed by atoms with Crippen molar-refractivity contribution < 1.29 is 14.4 Å². The topological polar surface area (TPSA) is 47.6 Å². The van der Waals surface area contributed by atoms with E-state index in [9.17, 15) is 4.79 Å². The van der Waals surface area contributed by atoms with E-state index in [1.165, 1.54) is 12.8 Å². The summed E-state index contributed by atoms with van der Waals surface area (Å²) in [6.45, 7) is 3.68. The van der Waals surface area contributed by atoms with Crippen molar-refractivity contribution in [2.45, 2.75) is 57.7 Å². The van der Waals surface area contributed by atoms with Crippen molar-refractivity contribution in [3.8, 4) is 0 Å². The highest BCUT2D eigenvalue weighted by molar-refractivity contribution is 5.83. The number of hydroxylamine groups is 1. The van der Waals surface area contributed by atoms with Crippen LogP contribution < -0.4 is 5.48 Å². The number of ether oxygens (including phenoxy) is 1. The minimum atomic E-state index is -0.779. The largest absolute Gasteiger partial charge is 0.369 e. The third-order valence-corrected chi connectivity index (χ3v) is 3.23. The van der Waals surface area contributed by atoms with Crippen molar-refractivity contribution >= 4 is 5.91 Å². The van der Waals surface area contributed by atoms with Gasteiger partial charge in [-0.15, -0.1) is 0 Å². The summed E-state index contributed by atoms with van der Waals surface area (Å²) in [4.78, 5) is 17.1. The molecule has 88 valence electrons. The van der Waals surface area contributed by atoms with Crippen LogP contribution in [0.5, 0.6) is 0 Å². The van der Waals surface area contributed by atoms with Crippen molar-refractivity contribution in [1.29, 1.82) is 0 Å². The molecule has 15 heavy (non-hydrogen) atoms. The monoisotopic (exact) mass is 215 g/mol. The number of nitrogens with one attached hydrogen (secondary N) is 1. The fourth-order valence-electron chi connectivity index (χ4n) is 1.65. The SMILES string of the molecule is CCC(C)(OC)C(=O)NOC1CCCC1. The van der Waals surface area contributed by atoms with Gasteiger partial charge in [0.05, 0.1) is 6.10 Å². The van der Waals surface area contributed by atoms with E-state index >= 15 is 0 Å². The van der Waals surface area contributed by atoms with Gasteiger partial charge in [-0.05, 0) is 26.2 Å². The Morgan fingerprint density at radius 3 is 2.53 bits per heavy atom. The van der Waals surface area contributed by atoms with Gasteiger partial charge in [-0.2, -0.15) is 0 Å². The molecule has 0 spiro atoms. The van der Waals surface area contributed by atoms with E-state index in [2.05, 4.69) is 5.48 Å². The van der Waals surface area contributed by atoms with Crippen LogP contribution in [0.1, 0.15) is 46.0 Å². The molecule has 1 amide bonds. The second-order valence-corrected chi connectivity index (χ2v) is 4.24. The Kier molecular flexibility index (Phi) is 4.54. The predicted octanol–water partition coefficient (Wildman–Crippen LogP) is 1.79. The Hall–Kier alpha value is -0.610. The lowest BCUT2D eigenvalue weighted by Crippen LogP contribution is -2.46. The van der Waals surface area contributed by atoms with Gasteiger partial charge in [0, 0.05) is 7.11 Å². The minimum absolute atomic E-state index is 0.187. The third-order valence-electron chi connectivity index (χ3n) is 3.23. The van der Waals surface area contributed by atoms with Crippen LogP contribution in [0.3, 0.4) is 0 Å². The second-order valence-electron chi connectivity index (χ2n) is 4.24. The molecule has 1 aliphatic carbocycles. The molecule has 0 aliphatic heterocycles. The highest BCUT2D eigenvalue weighted by Gasteiger charge is 2.32. The van der Waals surface area contributed by atoms with Gasteiger partial charge < -0.3 is 4.74 Å². The molecule has 1 unspecified atom stereocenters. The van der Waals surface area contributed by atoms with Crippen LogP contribution in [0.2, 0.25) is 0 Å². The molecule has 0 aromatic heterocycles. The van der Waals surface area contributed by atoms with Crippen LogP contribution >= 0.6 is 0 Å². The molecule has 1 saturated carbocycles. The lowest BCUT2D eigenvalue weighted by atomic mass is 10.0. The molecular weight excluding hydrogens is 194 g/mol. The molecule has 1 fully saturated rings. The number of hydrogen-bond donors (Lipinski definition) is 1. The minimum Gasteiger partial charge on any atom is -0.369 e. The van der Waals surface area contributed by atoms with Gasteiger partial charge in [-0.1, -0.05) is 19.8 Å². The fourth-order valence-corrected chi connectivity index (χ4v) is 1.65. The number of hydrogen-bond acceptors (Lipinski definition) is 3.